The van der Waals surface area contributed by atoms with Crippen LogP contribution in [-0.4, -0.2) is 103 Å². The zero-order chi connectivity index (χ0) is 51.9. The molecule has 1 atom stereocenters. The van der Waals surface area contributed by atoms with Crippen molar-refractivity contribution in [2.75, 3.05) is 36.8 Å². The fourth-order valence-corrected chi connectivity index (χ4v) is 8.13. The molecule has 6 rings (SSSR count). The predicted molar refractivity (Wildman–Crippen MR) is 278 cm³/mol. The number of nitrogens with one attached hydrogen (secondary N) is 3. The van der Waals surface area contributed by atoms with Gasteiger partial charge >= 0.3 is 12.2 Å². The Balaban J connectivity index is 0.000000303. The highest BCUT2D eigenvalue weighted by atomic mass is 32.2. The Morgan fingerprint density at radius 2 is 1.06 bits per heavy atom. The number of carbonyl (C=O) groups excluding carboxylic acids is 4. The van der Waals surface area contributed by atoms with Gasteiger partial charge in [0.2, 0.25) is 22.7 Å². The van der Waals surface area contributed by atoms with Gasteiger partial charge < -0.3 is 52.1 Å². The molecule has 0 bridgehead atoms. The molecule has 71 heavy (non-hydrogen) atoms. The van der Waals surface area contributed by atoms with Crippen LogP contribution in [0.3, 0.4) is 0 Å². The van der Waals surface area contributed by atoms with Gasteiger partial charge in [-0.1, -0.05) is 37.6 Å². The van der Waals surface area contributed by atoms with Gasteiger partial charge in [0.1, 0.15) is 34.3 Å². The second-order valence-electron chi connectivity index (χ2n) is 19.2. The van der Waals surface area contributed by atoms with E-state index in [2.05, 4.69) is 35.9 Å². The summed E-state index contributed by atoms with van der Waals surface area (Å²) in [6.45, 7) is 16.7. The van der Waals surface area contributed by atoms with Crippen molar-refractivity contribution in [3.8, 4) is 11.5 Å². The van der Waals surface area contributed by atoms with E-state index in [1.54, 1.807) is 31.2 Å². The first-order valence-electron chi connectivity index (χ1n) is 23.4. The number of ketones is 2. The van der Waals surface area contributed by atoms with Crippen molar-refractivity contribution >= 4 is 52.1 Å². The van der Waals surface area contributed by atoms with Crippen LogP contribution in [0.1, 0.15) is 150 Å². The number of rotatable bonds is 12. The zero-order valence-electron chi connectivity index (χ0n) is 42.4. The second-order valence-corrected chi connectivity index (χ2v) is 20.9. The number of aryl methyl sites for hydroxylation is 2. The minimum atomic E-state index is -1.31. The average Bonchev–Trinajstić information content (AvgIpc) is 3.29. The number of methoxy groups -OCH3 is 2. The zero-order valence-corrected chi connectivity index (χ0v) is 43.2. The lowest BCUT2D eigenvalue weighted by Gasteiger charge is -2.30. The number of ether oxygens (including phenoxy) is 4. The van der Waals surface area contributed by atoms with E-state index in [4.69, 9.17) is 36.1 Å². The van der Waals surface area contributed by atoms with Gasteiger partial charge in [-0.3, -0.25) is 13.8 Å². The van der Waals surface area contributed by atoms with Gasteiger partial charge in [-0.05, 0) is 131 Å². The maximum atomic E-state index is 13.0. The van der Waals surface area contributed by atoms with Gasteiger partial charge in [-0.15, -0.1) is 0 Å². The highest BCUT2D eigenvalue weighted by Gasteiger charge is 2.27. The van der Waals surface area contributed by atoms with Crippen LogP contribution < -0.4 is 42.6 Å². The van der Waals surface area contributed by atoms with Crippen LogP contribution in [0, 0.1) is 13.8 Å². The Labute approximate surface area is 421 Å². The fraction of sp³-hybridized carbons (Fsp3) is 0.529. The molecule has 2 aromatic carbocycles. The number of aromatic nitrogens is 4. The highest BCUT2D eigenvalue weighted by molar-refractivity contribution is 7.84. The molecule has 2 aliphatic carbocycles. The summed E-state index contributed by atoms with van der Waals surface area (Å²) in [6.07, 6.45) is 9.26. The first kappa shape index (κ1) is 58.9. The van der Waals surface area contributed by atoms with Crippen molar-refractivity contribution in [1.82, 2.24) is 30.6 Å². The summed E-state index contributed by atoms with van der Waals surface area (Å²) in [7, 11) is 1.70. The van der Waals surface area contributed by atoms with Crippen molar-refractivity contribution in [2.24, 2.45) is 5.73 Å². The van der Waals surface area contributed by atoms with Gasteiger partial charge in [0.25, 0.3) is 0 Å². The van der Waals surface area contributed by atoms with Crippen molar-refractivity contribution in [3.63, 3.8) is 0 Å². The Bertz CT molecular complexity index is 2460. The van der Waals surface area contributed by atoms with E-state index >= 15 is 0 Å². The number of nitrogens with two attached hydrogens (primary N) is 3. The van der Waals surface area contributed by atoms with E-state index in [0.717, 1.165) is 62.5 Å². The number of alkyl carbamates (subject to hydrolysis) is 2. The number of nitrogen functional groups attached to an aromatic ring is 2. The SMILES string of the molecule is C.CC(C)(C)OC(=O)NC1CCC(N)CC1.CCS(=O)c1ncc(C(=O)c2cc(C)ccc2OC)c(N)n1.COc1ccc(C)cc1C(=O)c1cnc(NC2CCC(NC(=O)OC(C)(C)C)CC2)nc1N. The normalized spacial score (nSPS) is 18.0. The van der Waals surface area contributed by atoms with Crippen molar-refractivity contribution in [3.05, 3.63) is 82.2 Å². The molecule has 4 aromatic rings. The average molecular weight is 1010 g/mol. The summed E-state index contributed by atoms with van der Waals surface area (Å²) in [5.41, 5.74) is 19.9. The maximum Gasteiger partial charge on any atom is 0.407 e. The van der Waals surface area contributed by atoms with Crippen molar-refractivity contribution in [1.29, 1.82) is 0 Å². The first-order valence-corrected chi connectivity index (χ1v) is 24.7. The Hall–Kier alpha value is -6.41. The van der Waals surface area contributed by atoms with Gasteiger partial charge in [-0.2, -0.15) is 4.98 Å². The summed E-state index contributed by atoms with van der Waals surface area (Å²) in [5, 5.41) is 9.23. The molecule has 0 radical (unpaired) electrons. The third-order valence-electron chi connectivity index (χ3n) is 11.0. The summed E-state index contributed by atoms with van der Waals surface area (Å²) >= 11 is 0. The smallest absolute Gasteiger partial charge is 0.407 e. The Morgan fingerprint density at radius 1 is 0.648 bits per heavy atom. The molecule has 0 saturated heterocycles. The van der Waals surface area contributed by atoms with E-state index in [1.807, 2.05) is 67.5 Å². The quantitative estimate of drug-likeness (QED) is 0.0579. The van der Waals surface area contributed by atoms with E-state index < -0.39 is 22.0 Å². The summed E-state index contributed by atoms with van der Waals surface area (Å²) in [4.78, 5) is 65.6. The van der Waals surface area contributed by atoms with E-state index in [0.29, 0.717) is 40.4 Å². The molecule has 0 aliphatic heterocycles. The van der Waals surface area contributed by atoms with Crippen LogP contribution in [0.25, 0.3) is 0 Å². The molecule has 2 fully saturated rings. The third-order valence-corrected chi connectivity index (χ3v) is 12.2. The van der Waals surface area contributed by atoms with Gasteiger partial charge in [-0.25, -0.2) is 24.5 Å². The number of benzene rings is 2. The number of amides is 2. The fourth-order valence-electron chi connectivity index (χ4n) is 7.50. The Kier molecular flexibility index (Phi) is 22.2. The lowest BCUT2D eigenvalue weighted by molar-refractivity contribution is 0.0480. The van der Waals surface area contributed by atoms with E-state index in [-0.39, 0.29) is 77.2 Å². The van der Waals surface area contributed by atoms with Crippen LogP contribution in [0.5, 0.6) is 11.5 Å². The van der Waals surface area contributed by atoms with Crippen LogP contribution >= 0.6 is 0 Å². The van der Waals surface area contributed by atoms with E-state index in [1.165, 1.54) is 26.6 Å². The number of hydrogen-bond donors (Lipinski definition) is 6. The molecule has 0 spiro atoms. The lowest BCUT2D eigenvalue weighted by Crippen LogP contribution is -2.42. The summed E-state index contributed by atoms with van der Waals surface area (Å²) in [6, 6.07) is 11.5. The summed E-state index contributed by atoms with van der Waals surface area (Å²) in [5.74, 6) is 1.21. The molecule has 2 aromatic heterocycles. The first-order chi connectivity index (χ1) is 32.9. The van der Waals surface area contributed by atoms with Crippen molar-refractivity contribution < 1.29 is 42.3 Å². The third kappa shape index (κ3) is 18.7. The summed E-state index contributed by atoms with van der Waals surface area (Å²) < 4.78 is 32.7. The second kappa shape index (κ2) is 26.7. The number of hydrogen-bond acceptors (Lipinski definition) is 17. The molecule has 2 amide bonds. The predicted octanol–water partition coefficient (Wildman–Crippen LogP) is 8.01. The number of anilines is 3. The van der Waals surface area contributed by atoms with Crippen LogP contribution in [0.4, 0.5) is 27.2 Å². The molecular formula is C51H76N10O9S. The topological polar surface area (TPSA) is 288 Å². The molecule has 1 unspecified atom stereocenters. The monoisotopic (exact) mass is 1000 g/mol. The molecule has 2 heterocycles. The van der Waals surface area contributed by atoms with Gasteiger partial charge in [0, 0.05) is 42.3 Å². The minimum Gasteiger partial charge on any atom is -0.496 e. The molecule has 390 valence electrons. The van der Waals surface area contributed by atoms with Crippen LogP contribution in [0.15, 0.2) is 53.9 Å². The molecule has 2 aliphatic rings. The number of carbonyl (C=O) groups is 4. The molecule has 20 heteroatoms. The van der Waals surface area contributed by atoms with Crippen molar-refractivity contribution in [2.45, 2.75) is 162 Å². The van der Waals surface area contributed by atoms with Crippen LogP contribution in [-0.2, 0) is 20.3 Å². The number of nitrogens with zero attached hydrogens (tertiary/aromatic N) is 4. The lowest BCUT2D eigenvalue weighted by atomic mass is 9.91. The van der Waals surface area contributed by atoms with Crippen LogP contribution in [0.2, 0.25) is 0 Å². The Morgan fingerprint density at radius 3 is 1.45 bits per heavy atom. The largest absolute Gasteiger partial charge is 0.496 e. The van der Waals surface area contributed by atoms with E-state index in [9.17, 15) is 23.4 Å². The molecule has 2 saturated carbocycles. The molecular weight excluding hydrogens is 929 g/mol. The highest BCUT2D eigenvalue weighted by Crippen LogP contribution is 2.28. The molecule has 19 nitrogen and oxygen atoms in total. The standard InChI is InChI=1S/C24H33N5O4.C15H17N3O3S.C11H22N2O2.CH4/c1-14-6-11-19(32-5)17(12-14)20(30)18-13-26-22(29-21(18)25)27-15-7-9-16(10-8-15)28-23(31)33-24(2,3)4;1-4-22(20)15-17-8-11(14(16)18-15)13(19)10-7-9(2)5-6-12(10)21-3;1-11(2,3)15-10(14)13-9-6-4-8(12)5-7-9;/h6,11-13,15-16H,7-10H2,1-5H3,(H,28,31)(H3,25,26,27,29);5-8H,4H2,1-3H3,(H2,16,17,18);8-9H,4-7,12H2,1-3H3,(H,13,14);1H4. The van der Waals surface area contributed by atoms with Gasteiger partial charge in [0.15, 0.2) is 0 Å². The maximum absolute atomic E-state index is 13.0. The molecule has 9 N–H and O–H groups in total. The van der Waals surface area contributed by atoms with Gasteiger partial charge in [0.05, 0.1) is 47.3 Å². The minimum absolute atomic E-state index is 0.